The van der Waals surface area contributed by atoms with E-state index in [-0.39, 0.29) is 0 Å². The van der Waals surface area contributed by atoms with Crippen LogP contribution >= 0.6 is 24.1 Å². The fraction of sp³-hybridized carbons (Fsp3) is 0.667. The average Bonchev–Trinajstić information content (AvgIpc) is 2.60. The van der Waals surface area contributed by atoms with Gasteiger partial charge in [0.15, 0.2) is 0 Å². The number of hydrogen-bond acceptors (Lipinski definition) is 4. The molecule has 0 saturated heterocycles. The van der Waals surface area contributed by atoms with Gasteiger partial charge in [0, 0.05) is 33.9 Å². The molecule has 0 radical (unpaired) electrons. The van der Waals surface area contributed by atoms with Gasteiger partial charge < -0.3 is 8.37 Å². The zero-order valence-electron chi connectivity index (χ0n) is 13.2. The molecule has 2 nitrogen and oxygen atoms in total. The minimum Gasteiger partial charge on any atom is -0.307 e. The summed E-state index contributed by atoms with van der Waals surface area (Å²) in [6.45, 7) is 0. The third kappa shape index (κ3) is 5.48. The topological polar surface area (TPSA) is 18.5 Å². The van der Waals surface area contributed by atoms with Gasteiger partial charge >= 0.3 is 0 Å². The Labute approximate surface area is 143 Å². The Morgan fingerprint density at radius 3 is 1.59 bits per heavy atom. The van der Waals surface area contributed by atoms with Crippen molar-refractivity contribution < 1.29 is 8.37 Å². The van der Waals surface area contributed by atoms with Crippen LogP contribution in [0.3, 0.4) is 0 Å². The lowest BCUT2D eigenvalue weighted by atomic mass is 9.98. The molecule has 0 aromatic heterocycles. The van der Waals surface area contributed by atoms with Crippen molar-refractivity contribution in [2.45, 2.75) is 86.2 Å². The second-order valence-corrected chi connectivity index (χ2v) is 8.02. The minimum absolute atomic E-state index is 0.438. The molecule has 2 aliphatic carbocycles. The zero-order valence-corrected chi connectivity index (χ0v) is 14.8. The summed E-state index contributed by atoms with van der Waals surface area (Å²) in [4.78, 5) is 2.37. The smallest absolute Gasteiger partial charge is 0.0727 e. The van der Waals surface area contributed by atoms with Crippen molar-refractivity contribution in [2.24, 2.45) is 0 Å². The minimum atomic E-state index is 0.438. The van der Waals surface area contributed by atoms with E-state index in [9.17, 15) is 0 Å². The Kier molecular flexibility index (Phi) is 6.99. The van der Waals surface area contributed by atoms with Crippen LogP contribution in [0, 0.1) is 0 Å². The van der Waals surface area contributed by atoms with Gasteiger partial charge in [-0.15, -0.1) is 0 Å². The highest BCUT2D eigenvalue weighted by atomic mass is 32.2. The van der Waals surface area contributed by atoms with Crippen molar-refractivity contribution in [3.8, 4) is 0 Å². The molecule has 2 fully saturated rings. The normalized spacial score (nSPS) is 21.1. The van der Waals surface area contributed by atoms with E-state index in [1.807, 2.05) is 0 Å². The van der Waals surface area contributed by atoms with Gasteiger partial charge in [-0.2, -0.15) is 0 Å². The van der Waals surface area contributed by atoms with Crippen molar-refractivity contribution in [2.75, 3.05) is 0 Å². The van der Waals surface area contributed by atoms with Crippen LogP contribution in [0.2, 0.25) is 0 Å². The third-order valence-electron chi connectivity index (χ3n) is 4.47. The predicted octanol–water partition coefficient (Wildman–Crippen LogP) is 6.40. The van der Waals surface area contributed by atoms with E-state index in [1.54, 1.807) is 0 Å². The SMILES string of the molecule is c1cc(SOC2CCCCC2)cc(SOC2CCCCC2)c1. The lowest BCUT2D eigenvalue weighted by Gasteiger charge is -2.21. The van der Waals surface area contributed by atoms with Gasteiger partial charge in [-0.1, -0.05) is 44.6 Å². The van der Waals surface area contributed by atoms with Gasteiger partial charge in [-0.25, -0.2) is 0 Å². The van der Waals surface area contributed by atoms with Crippen molar-refractivity contribution in [1.29, 1.82) is 0 Å². The lowest BCUT2D eigenvalue weighted by molar-refractivity contribution is 0.185. The fourth-order valence-corrected chi connectivity index (χ4v) is 4.72. The molecule has 0 aliphatic heterocycles. The number of rotatable bonds is 6. The first kappa shape index (κ1) is 16.7. The molecule has 1 aromatic carbocycles. The Morgan fingerprint density at radius 1 is 0.682 bits per heavy atom. The van der Waals surface area contributed by atoms with Crippen molar-refractivity contribution in [1.82, 2.24) is 0 Å². The Balaban J connectivity index is 1.44. The standard InChI is InChI=1S/C18H26O2S2/c1-3-8-15(9-4-1)19-21-17-12-7-13-18(14-17)22-20-16-10-5-2-6-11-16/h7,12-16H,1-6,8-11H2. The largest absolute Gasteiger partial charge is 0.307 e. The zero-order chi connectivity index (χ0) is 15.0. The summed E-state index contributed by atoms with van der Waals surface area (Å²) in [7, 11) is 0. The first-order chi connectivity index (χ1) is 10.9. The molecule has 122 valence electrons. The summed E-state index contributed by atoms with van der Waals surface area (Å²) in [5, 5.41) is 0. The van der Waals surface area contributed by atoms with Crippen LogP contribution in [0.15, 0.2) is 34.1 Å². The molecular weight excluding hydrogens is 312 g/mol. The second-order valence-electron chi connectivity index (χ2n) is 6.35. The molecule has 0 spiro atoms. The quantitative estimate of drug-likeness (QED) is 0.558. The number of hydrogen-bond donors (Lipinski definition) is 0. The van der Waals surface area contributed by atoms with E-state index in [1.165, 1.54) is 98.1 Å². The van der Waals surface area contributed by atoms with Crippen LogP contribution in [0.1, 0.15) is 64.2 Å². The summed E-state index contributed by atoms with van der Waals surface area (Å²) in [5.41, 5.74) is 0. The third-order valence-corrected chi connectivity index (χ3v) is 6.10. The summed E-state index contributed by atoms with van der Waals surface area (Å²) < 4.78 is 12.0. The molecule has 2 aliphatic rings. The molecule has 0 heterocycles. The average molecular weight is 339 g/mol. The van der Waals surface area contributed by atoms with Crippen molar-refractivity contribution in [3.05, 3.63) is 24.3 Å². The van der Waals surface area contributed by atoms with Gasteiger partial charge in [0.25, 0.3) is 0 Å². The van der Waals surface area contributed by atoms with Crippen molar-refractivity contribution >= 4 is 24.1 Å². The maximum Gasteiger partial charge on any atom is 0.0727 e. The predicted molar refractivity (Wildman–Crippen MR) is 94.1 cm³/mol. The Morgan fingerprint density at radius 2 is 1.14 bits per heavy atom. The van der Waals surface area contributed by atoms with Crippen LogP contribution in [-0.2, 0) is 8.37 Å². The highest BCUT2D eigenvalue weighted by Crippen LogP contribution is 2.32. The van der Waals surface area contributed by atoms with Crippen LogP contribution < -0.4 is 0 Å². The van der Waals surface area contributed by atoms with Crippen molar-refractivity contribution in [3.63, 3.8) is 0 Å². The molecule has 0 unspecified atom stereocenters. The van der Waals surface area contributed by atoms with Crippen LogP contribution in [0.4, 0.5) is 0 Å². The monoisotopic (exact) mass is 338 g/mol. The molecule has 0 N–H and O–H groups in total. The van der Waals surface area contributed by atoms with Crippen LogP contribution in [-0.4, -0.2) is 12.2 Å². The second kappa shape index (κ2) is 9.21. The van der Waals surface area contributed by atoms with Gasteiger partial charge in [0.05, 0.1) is 12.2 Å². The first-order valence-corrected chi connectivity index (χ1v) is 10.2. The molecule has 0 bridgehead atoms. The summed E-state index contributed by atoms with van der Waals surface area (Å²) in [6, 6.07) is 8.52. The molecular formula is C18H26O2S2. The van der Waals surface area contributed by atoms with E-state index in [0.29, 0.717) is 12.2 Å². The van der Waals surface area contributed by atoms with Crippen LogP contribution in [0.5, 0.6) is 0 Å². The van der Waals surface area contributed by atoms with E-state index in [4.69, 9.17) is 8.37 Å². The van der Waals surface area contributed by atoms with Gasteiger partial charge in [0.1, 0.15) is 0 Å². The fourth-order valence-electron chi connectivity index (χ4n) is 3.15. The van der Waals surface area contributed by atoms with E-state index in [2.05, 4.69) is 24.3 Å². The molecule has 0 amide bonds. The highest BCUT2D eigenvalue weighted by Gasteiger charge is 2.16. The summed E-state index contributed by atoms with van der Waals surface area (Å²) >= 11 is 3.07. The van der Waals surface area contributed by atoms with Gasteiger partial charge in [-0.3, -0.25) is 0 Å². The highest BCUT2D eigenvalue weighted by molar-refractivity contribution is 7.95. The van der Waals surface area contributed by atoms with E-state index < -0.39 is 0 Å². The molecule has 22 heavy (non-hydrogen) atoms. The number of benzene rings is 1. The van der Waals surface area contributed by atoms with E-state index in [0.717, 1.165) is 0 Å². The molecule has 3 rings (SSSR count). The maximum atomic E-state index is 5.99. The van der Waals surface area contributed by atoms with Gasteiger partial charge in [0.2, 0.25) is 0 Å². The summed E-state index contributed by atoms with van der Waals surface area (Å²) in [5.74, 6) is 0. The molecule has 0 atom stereocenters. The molecule has 2 saturated carbocycles. The summed E-state index contributed by atoms with van der Waals surface area (Å²) in [6.07, 6.45) is 13.7. The Bertz CT molecular complexity index is 403. The molecule has 1 aromatic rings. The first-order valence-electron chi connectivity index (χ1n) is 8.67. The van der Waals surface area contributed by atoms with Crippen LogP contribution in [0.25, 0.3) is 0 Å². The molecule has 4 heteroatoms. The maximum absolute atomic E-state index is 5.99. The van der Waals surface area contributed by atoms with Gasteiger partial charge in [-0.05, 0) is 43.9 Å². The lowest BCUT2D eigenvalue weighted by Crippen LogP contribution is -2.13. The Hall–Kier alpha value is -0.160. The van der Waals surface area contributed by atoms with E-state index >= 15 is 0 Å².